The average molecular weight is 260 g/mol. The zero-order chi connectivity index (χ0) is 13.1. The molecule has 3 nitrogen and oxygen atoms in total. The number of carbonyl (C=O) groups excluding carboxylic acids is 1. The van der Waals surface area contributed by atoms with Gasteiger partial charge in [0.15, 0.2) is 5.67 Å². The lowest BCUT2D eigenvalue weighted by Crippen LogP contribution is -2.40. The van der Waals surface area contributed by atoms with Gasteiger partial charge in [0, 0.05) is 11.6 Å². The summed E-state index contributed by atoms with van der Waals surface area (Å²) in [5.74, 6) is -0.745. The summed E-state index contributed by atoms with van der Waals surface area (Å²) in [5, 5.41) is 12.6. The van der Waals surface area contributed by atoms with Crippen molar-refractivity contribution in [1.82, 2.24) is 5.32 Å². The monoisotopic (exact) mass is 259 g/mol. The summed E-state index contributed by atoms with van der Waals surface area (Å²) in [6, 6.07) is 6.58. The number of rotatable bonds is 4. The zero-order valence-corrected chi connectivity index (χ0v) is 10.5. The molecule has 94 valence electrons. The summed E-state index contributed by atoms with van der Waals surface area (Å²) in [7, 11) is 0. The van der Waals surface area contributed by atoms with Crippen LogP contribution in [0.3, 0.4) is 0 Å². The van der Waals surface area contributed by atoms with E-state index in [1.165, 1.54) is 0 Å². The maximum absolute atomic E-state index is 13.2. The molecule has 1 aromatic carbocycles. The lowest BCUT2D eigenvalue weighted by Gasteiger charge is -2.17. The van der Waals surface area contributed by atoms with Crippen LogP contribution < -0.4 is 5.32 Å². The minimum absolute atomic E-state index is 0.0339. The van der Waals surface area contributed by atoms with E-state index in [-0.39, 0.29) is 6.54 Å². The third kappa shape index (κ3) is 4.32. The number of aliphatic hydroxyl groups is 1. The molecule has 0 bridgehead atoms. The Hall–Kier alpha value is -1.13. The summed E-state index contributed by atoms with van der Waals surface area (Å²) in [5.41, 5.74) is -1.33. The molecular formula is C12H15ClFNO2. The largest absolute Gasteiger partial charge is 0.387 e. The van der Waals surface area contributed by atoms with Gasteiger partial charge in [-0.2, -0.15) is 0 Å². The van der Waals surface area contributed by atoms with Crippen molar-refractivity contribution in [3.8, 4) is 0 Å². The van der Waals surface area contributed by atoms with Crippen LogP contribution in [0.2, 0.25) is 5.02 Å². The molecule has 1 aromatic rings. The van der Waals surface area contributed by atoms with Crippen molar-refractivity contribution in [1.29, 1.82) is 0 Å². The SMILES string of the molecule is CC(C)(F)C(=O)NCC(O)c1ccc(Cl)cc1. The Morgan fingerprint density at radius 2 is 2.00 bits per heavy atom. The fourth-order valence-electron chi connectivity index (χ4n) is 1.20. The number of amides is 1. The Kier molecular flexibility index (Phi) is 4.48. The highest BCUT2D eigenvalue weighted by molar-refractivity contribution is 6.30. The minimum Gasteiger partial charge on any atom is -0.387 e. The van der Waals surface area contributed by atoms with E-state index >= 15 is 0 Å². The van der Waals surface area contributed by atoms with Gasteiger partial charge in [-0.25, -0.2) is 4.39 Å². The lowest BCUT2D eigenvalue weighted by atomic mass is 10.1. The van der Waals surface area contributed by atoms with Crippen molar-refractivity contribution in [3.05, 3.63) is 34.9 Å². The standard InChI is InChI=1S/C12H15ClFNO2/c1-12(2,14)11(17)15-7-10(16)8-3-5-9(13)6-4-8/h3-6,10,16H,7H2,1-2H3,(H,15,17). The first-order chi connectivity index (χ1) is 7.80. The van der Waals surface area contributed by atoms with Gasteiger partial charge in [0.25, 0.3) is 5.91 Å². The molecule has 0 aliphatic rings. The maximum Gasteiger partial charge on any atom is 0.257 e. The van der Waals surface area contributed by atoms with Gasteiger partial charge in [-0.05, 0) is 31.5 Å². The number of aliphatic hydroxyl groups excluding tert-OH is 1. The van der Waals surface area contributed by atoms with Crippen molar-refractivity contribution < 1.29 is 14.3 Å². The number of benzene rings is 1. The second kappa shape index (κ2) is 5.47. The van der Waals surface area contributed by atoms with Gasteiger partial charge in [-0.3, -0.25) is 4.79 Å². The van der Waals surface area contributed by atoms with Crippen LogP contribution in [0.5, 0.6) is 0 Å². The van der Waals surface area contributed by atoms with E-state index in [1.807, 2.05) is 0 Å². The van der Waals surface area contributed by atoms with Gasteiger partial charge in [-0.1, -0.05) is 23.7 Å². The second-order valence-electron chi connectivity index (χ2n) is 4.25. The smallest absolute Gasteiger partial charge is 0.257 e. The molecule has 1 amide bonds. The highest BCUT2D eigenvalue weighted by atomic mass is 35.5. The molecule has 0 saturated carbocycles. The van der Waals surface area contributed by atoms with Crippen LogP contribution in [0.15, 0.2) is 24.3 Å². The highest BCUT2D eigenvalue weighted by Gasteiger charge is 2.26. The molecule has 0 radical (unpaired) electrons. The number of halogens is 2. The van der Waals surface area contributed by atoms with Gasteiger partial charge in [0.05, 0.1) is 6.10 Å². The topological polar surface area (TPSA) is 49.3 Å². The van der Waals surface area contributed by atoms with E-state index in [1.54, 1.807) is 24.3 Å². The van der Waals surface area contributed by atoms with Crippen LogP contribution >= 0.6 is 11.6 Å². The summed E-state index contributed by atoms with van der Waals surface area (Å²) in [6.45, 7) is 2.29. The molecule has 0 aromatic heterocycles. The van der Waals surface area contributed by atoms with Crippen molar-refractivity contribution in [3.63, 3.8) is 0 Å². The molecule has 1 atom stereocenters. The number of alkyl halides is 1. The highest BCUT2D eigenvalue weighted by Crippen LogP contribution is 2.16. The fraction of sp³-hybridized carbons (Fsp3) is 0.417. The summed E-state index contributed by atoms with van der Waals surface area (Å²) >= 11 is 5.70. The van der Waals surface area contributed by atoms with Crippen molar-refractivity contribution in [2.75, 3.05) is 6.54 Å². The van der Waals surface area contributed by atoms with Crippen LogP contribution in [0.25, 0.3) is 0 Å². The van der Waals surface area contributed by atoms with Gasteiger partial charge in [0.1, 0.15) is 0 Å². The molecule has 0 fully saturated rings. The van der Waals surface area contributed by atoms with Gasteiger partial charge >= 0.3 is 0 Å². The summed E-state index contributed by atoms with van der Waals surface area (Å²) in [4.78, 5) is 11.2. The molecule has 5 heteroatoms. The molecule has 1 rings (SSSR count). The Morgan fingerprint density at radius 1 is 1.47 bits per heavy atom. The molecule has 0 heterocycles. The molecule has 1 unspecified atom stereocenters. The van der Waals surface area contributed by atoms with E-state index in [0.717, 1.165) is 13.8 Å². The number of nitrogens with one attached hydrogen (secondary N) is 1. The van der Waals surface area contributed by atoms with Gasteiger partial charge in [0.2, 0.25) is 0 Å². The number of hydrogen-bond donors (Lipinski definition) is 2. The van der Waals surface area contributed by atoms with Crippen molar-refractivity contribution in [2.24, 2.45) is 0 Å². The number of carbonyl (C=O) groups is 1. The van der Waals surface area contributed by atoms with Crippen LogP contribution in [0.1, 0.15) is 25.5 Å². The molecule has 2 N–H and O–H groups in total. The third-order valence-corrected chi connectivity index (χ3v) is 2.50. The van der Waals surface area contributed by atoms with E-state index in [0.29, 0.717) is 10.6 Å². The fourth-order valence-corrected chi connectivity index (χ4v) is 1.33. The molecule has 0 aliphatic carbocycles. The van der Waals surface area contributed by atoms with Gasteiger partial charge in [-0.15, -0.1) is 0 Å². The molecular weight excluding hydrogens is 245 g/mol. The molecule has 0 saturated heterocycles. The maximum atomic E-state index is 13.2. The molecule has 0 spiro atoms. The van der Waals surface area contributed by atoms with Crippen molar-refractivity contribution in [2.45, 2.75) is 25.6 Å². The van der Waals surface area contributed by atoms with E-state index in [9.17, 15) is 14.3 Å². The Morgan fingerprint density at radius 3 is 2.47 bits per heavy atom. The first kappa shape index (κ1) is 13.9. The van der Waals surface area contributed by atoms with Gasteiger partial charge < -0.3 is 10.4 Å². The van der Waals surface area contributed by atoms with Crippen LogP contribution in [0.4, 0.5) is 4.39 Å². The third-order valence-electron chi connectivity index (χ3n) is 2.25. The van der Waals surface area contributed by atoms with Crippen molar-refractivity contribution >= 4 is 17.5 Å². The first-order valence-corrected chi connectivity index (χ1v) is 5.59. The van der Waals surface area contributed by atoms with E-state index in [2.05, 4.69) is 5.32 Å². The Bertz CT molecular complexity index is 386. The molecule has 17 heavy (non-hydrogen) atoms. The normalized spacial score (nSPS) is 13.2. The van der Waals surface area contributed by atoms with Crippen LogP contribution in [-0.4, -0.2) is 23.2 Å². The quantitative estimate of drug-likeness (QED) is 0.871. The summed E-state index contributed by atoms with van der Waals surface area (Å²) in [6.07, 6.45) is -0.876. The lowest BCUT2D eigenvalue weighted by molar-refractivity contribution is -0.131. The predicted octanol–water partition coefficient (Wildman–Crippen LogP) is 2.24. The Balaban J connectivity index is 2.53. The summed E-state index contributed by atoms with van der Waals surface area (Å²) < 4.78 is 13.2. The van der Waals surface area contributed by atoms with E-state index < -0.39 is 17.7 Å². The predicted molar refractivity (Wildman–Crippen MR) is 64.6 cm³/mol. The molecule has 0 aliphatic heterocycles. The van der Waals surface area contributed by atoms with E-state index in [4.69, 9.17) is 11.6 Å². The number of hydrogen-bond acceptors (Lipinski definition) is 2. The average Bonchev–Trinajstić information content (AvgIpc) is 2.25. The first-order valence-electron chi connectivity index (χ1n) is 5.21. The Labute approximate surface area is 105 Å². The zero-order valence-electron chi connectivity index (χ0n) is 9.71. The minimum atomic E-state index is -1.94. The second-order valence-corrected chi connectivity index (χ2v) is 4.69. The van der Waals surface area contributed by atoms with Crippen LogP contribution in [-0.2, 0) is 4.79 Å². The van der Waals surface area contributed by atoms with Crippen LogP contribution in [0, 0.1) is 0 Å².